The van der Waals surface area contributed by atoms with Crippen LogP contribution in [0.15, 0.2) is 61.2 Å². The van der Waals surface area contributed by atoms with E-state index < -0.39 is 4.92 Å². The van der Waals surface area contributed by atoms with Gasteiger partial charge in [0.1, 0.15) is 5.69 Å². The van der Waals surface area contributed by atoms with Crippen molar-refractivity contribution in [2.75, 3.05) is 26.2 Å². The first-order valence-corrected chi connectivity index (χ1v) is 9.86. The molecule has 2 heterocycles. The molecule has 2 aromatic carbocycles. The molecule has 31 heavy (non-hydrogen) atoms. The summed E-state index contributed by atoms with van der Waals surface area (Å²) in [6.07, 6.45) is 4.60. The lowest BCUT2D eigenvalue weighted by atomic mass is 10.1. The fourth-order valence-electron chi connectivity index (χ4n) is 3.60. The van der Waals surface area contributed by atoms with E-state index in [1.165, 1.54) is 23.2 Å². The van der Waals surface area contributed by atoms with E-state index in [0.29, 0.717) is 37.4 Å². The number of carbonyl (C=O) groups excluding carboxylic acids is 2. The van der Waals surface area contributed by atoms with Gasteiger partial charge in [0, 0.05) is 55.8 Å². The number of hydrogen-bond donors (Lipinski definition) is 0. The Morgan fingerprint density at radius 1 is 0.935 bits per heavy atom. The van der Waals surface area contributed by atoms with Gasteiger partial charge >= 0.3 is 0 Å². The second-order valence-electron chi connectivity index (χ2n) is 7.38. The molecule has 1 fully saturated rings. The Morgan fingerprint density at radius 3 is 2.06 bits per heavy atom. The van der Waals surface area contributed by atoms with Crippen LogP contribution in [0.2, 0.25) is 0 Å². The highest BCUT2D eigenvalue weighted by atomic mass is 16.6. The van der Waals surface area contributed by atoms with Gasteiger partial charge in [-0.2, -0.15) is 0 Å². The van der Waals surface area contributed by atoms with Gasteiger partial charge in [-0.05, 0) is 31.2 Å². The summed E-state index contributed by atoms with van der Waals surface area (Å²) >= 11 is 0. The van der Waals surface area contributed by atoms with Crippen LogP contribution in [0.4, 0.5) is 5.69 Å². The fraction of sp³-hybridized carbons (Fsp3) is 0.227. The number of imidazole rings is 1. The summed E-state index contributed by atoms with van der Waals surface area (Å²) in [6, 6.07) is 11.8. The Kier molecular flexibility index (Phi) is 5.48. The van der Waals surface area contributed by atoms with Gasteiger partial charge in [-0.3, -0.25) is 19.7 Å². The zero-order valence-electron chi connectivity index (χ0n) is 17.0. The summed E-state index contributed by atoms with van der Waals surface area (Å²) < 4.78 is 1.53. The Bertz CT molecular complexity index is 1120. The molecule has 0 saturated carbocycles. The lowest BCUT2D eigenvalue weighted by Crippen LogP contribution is -2.50. The molecule has 158 valence electrons. The highest BCUT2D eigenvalue weighted by Crippen LogP contribution is 2.25. The molecule has 9 nitrogen and oxygen atoms in total. The molecule has 9 heteroatoms. The average Bonchev–Trinajstić information content (AvgIpc) is 3.33. The zero-order valence-corrected chi connectivity index (χ0v) is 17.0. The van der Waals surface area contributed by atoms with Crippen LogP contribution in [0, 0.1) is 17.0 Å². The van der Waals surface area contributed by atoms with Gasteiger partial charge in [-0.25, -0.2) is 4.98 Å². The van der Waals surface area contributed by atoms with Crippen LogP contribution in [0.1, 0.15) is 26.3 Å². The monoisotopic (exact) mass is 419 g/mol. The van der Waals surface area contributed by atoms with Gasteiger partial charge in [0.15, 0.2) is 0 Å². The Labute approximate surface area is 178 Å². The minimum atomic E-state index is -0.510. The van der Waals surface area contributed by atoms with Gasteiger partial charge in [0.2, 0.25) is 0 Å². The normalized spacial score (nSPS) is 13.8. The van der Waals surface area contributed by atoms with Crippen molar-refractivity contribution in [3.05, 3.63) is 88.0 Å². The predicted molar refractivity (Wildman–Crippen MR) is 113 cm³/mol. The quantitative estimate of drug-likeness (QED) is 0.478. The number of carbonyl (C=O) groups is 2. The fourth-order valence-corrected chi connectivity index (χ4v) is 3.60. The Morgan fingerprint density at radius 2 is 1.52 bits per heavy atom. The molecule has 3 aromatic rings. The average molecular weight is 419 g/mol. The van der Waals surface area contributed by atoms with E-state index in [-0.39, 0.29) is 23.1 Å². The topological polar surface area (TPSA) is 102 Å². The van der Waals surface area contributed by atoms with E-state index in [2.05, 4.69) is 4.98 Å². The van der Waals surface area contributed by atoms with Crippen molar-refractivity contribution >= 4 is 17.5 Å². The number of hydrogen-bond acceptors (Lipinski definition) is 5. The van der Waals surface area contributed by atoms with Gasteiger partial charge in [0.25, 0.3) is 17.5 Å². The van der Waals surface area contributed by atoms with Crippen molar-refractivity contribution in [3.63, 3.8) is 0 Å². The summed E-state index contributed by atoms with van der Waals surface area (Å²) in [5, 5.41) is 11.5. The van der Waals surface area contributed by atoms with Crippen molar-refractivity contribution < 1.29 is 14.5 Å². The van der Waals surface area contributed by atoms with Crippen LogP contribution in [0.3, 0.4) is 0 Å². The number of aromatic nitrogens is 2. The van der Waals surface area contributed by atoms with Crippen molar-refractivity contribution in [1.82, 2.24) is 19.4 Å². The molecule has 1 aliphatic heterocycles. The summed E-state index contributed by atoms with van der Waals surface area (Å²) in [5.74, 6) is -0.352. The van der Waals surface area contributed by atoms with Crippen LogP contribution >= 0.6 is 0 Å². The second kappa shape index (κ2) is 8.39. The first kappa shape index (κ1) is 20.3. The van der Waals surface area contributed by atoms with Crippen LogP contribution in [-0.4, -0.2) is 62.3 Å². The van der Waals surface area contributed by atoms with E-state index in [0.717, 1.165) is 5.56 Å². The van der Waals surface area contributed by atoms with Gasteiger partial charge in [-0.15, -0.1) is 0 Å². The van der Waals surface area contributed by atoms with Crippen LogP contribution in [0.5, 0.6) is 0 Å². The molecular weight excluding hydrogens is 398 g/mol. The molecule has 0 N–H and O–H groups in total. The highest BCUT2D eigenvalue weighted by Gasteiger charge is 2.27. The minimum absolute atomic E-state index is 0.0626. The number of amides is 2. The zero-order chi connectivity index (χ0) is 22.0. The van der Waals surface area contributed by atoms with Crippen molar-refractivity contribution in [2.45, 2.75) is 6.92 Å². The third-order valence-corrected chi connectivity index (χ3v) is 5.35. The van der Waals surface area contributed by atoms with E-state index in [9.17, 15) is 19.7 Å². The number of benzene rings is 2. The first-order chi connectivity index (χ1) is 14.9. The van der Waals surface area contributed by atoms with Crippen molar-refractivity contribution in [3.8, 4) is 5.69 Å². The molecule has 2 amide bonds. The van der Waals surface area contributed by atoms with Gasteiger partial charge < -0.3 is 14.4 Å². The minimum Gasteiger partial charge on any atom is -0.335 e. The summed E-state index contributed by atoms with van der Waals surface area (Å²) in [6.45, 7) is 3.52. The summed E-state index contributed by atoms with van der Waals surface area (Å²) in [4.78, 5) is 43.9. The third kappa shape index (κ3) is 4.16. The number of aryl methyl sites for hydroxylation is 1. The summed E-state index contributed by atoms with van der Waals surface area (Å²) in [5.41, 5.74) is 2.12. The molecule has 1 aliphatic rings. The number of nitro benzene ring substituents is 1. The number of nitrogens with zero attached hydrogens (tertiary/aromatic N) is 5. The molecule has 0 bridgehead atoms. The number of piperazine rings is 1. The largest absolute Gasteiger partial charge is 0.335 e. The maximum atomic E-state index is 12.9. The molecule has 1 aromatic heterocycles. The second-order valence-corrected chi connectivity index (χ2v) is 7.38. The first-order valence-electron chi connectivity index (χ1n) is 9.86. The molecule has 0 aliphatic carbocycles. The van der Waals surface area contributed by atoms with Crippen LogP contribution in [-0.2, 0) is 0 Å². The van der Waals surface area contributed by atoms with Crippen LogP contribution in [0.25, 0.3) is 5.69 Å². The highest BCUT2D eigenvalue weighted by molar-refractivity contribution is 5.96. The summed E-state index contributed by atoms with van der Waals surface area (Å²) in [7, 11) is 0. The van der Waals surface area contributed by atoms with Crippen molar-refractivity contribution in [2.24, 2.45) is 0 Å². The van der Waals surface area contributed by atoms with E-state index in [4.69, 9.17) is 0 Å². The van der Waals surface area contributed by atoms with E-state index in [1.54, 1.807) is 40.3 Å². The smallest absolute Gasteiger partial charge is 0.294 e. The predicted octanol–water partition coefficient (Wildman–Crippen LogP) is 2.69. The van der Waals surface area contributed by atoms with Crippen LogP contribution < -0.4 is 0 Å². The molecule has 0 atom stereocenters. The number of rotatable bonds is 4. The molecular formula is C22H21N5O4. The lowest BCUT2D eigenvalue weighted by molar-refractivity contribution is -0.384. The van der Waals surface area contributed by atoms with E-state index in [1.807, 2.05) is 19.1 Å². The standard InChI is InChI=1S/C22H21N5O4/c1-16-2-4-17(5-3-16)21(28)24-10-12-25(13-11-24)22(29)18-6-7-19(20(14-18)27(30)31)26-9-8-23-15-26/h2-9,14-15H,10-13H2,1H3. The Balaban J connectivity index is 1.46. The molecule has 0 unspecified atom stereocenters. The maximum absolute atomic E-state index is 12.9. The van der Waals surface area contributed by atoms with Gasteiger partial charge in [-0.1, -0.05) is 17.7 Å². The maximum Gasteiger partial charge on any atom is 0.294 e. The lowest BCUT2D eigenvalue weighted by Gasteiger charge is -2.35. The molecule has 0 radical (unpaired) electrons. The van der Waals surface area contributed by atoms with Crippen molar-refractivity contribution in [1.29, 1.82) is 0 Å². The SMILES string of the molecule is Cc1ccc(C(=O)N2CCN(C(=O)c3ccc(-n4ccnc4)c([N+](=O)[O-])c3)CC2)cc1. The molecule has 4 rings (SSSR count). The third-order valence-electron chi connectivity index (χ3n) is 5.35. The Hall–Kier alpha value is -4.01. The van der Waals surface area contributed by atoms with E-state index >= 15 is 0 Å². The van der Waals surface area contributed by atoms with Gasteiger partial charge in [0.05, 0.1) is 11.3 Å². The molecule has 1 saturated heterocycles. The number of nitro groups is 1. The molecule has 0 spiro atoms.